The first-order valence-corrected chi connectivity index (χ1v) is 7.89. The largest absolute Gasteiger partial charge is 0.398 e. The number of nitrogens with one attached hydrogen (secondary N) is 1. The zero-order chi connectivity index (χ0) is 14.9. The van der Waals surface area contributed by atoms with E-state index in [4.69, 9.17) is 5.73 Å². The van der Waals surface area contributed by atoms with Crippen LogP contribution in [0.5, 0.6) is 0 Å². The van der Waals surface area contributed by atoms with Crippen molar-refractivity contribution in [3.8, 4) is 0 Å². The Bertz CT molecular complexity index is 491. The molecular weight excluding hydrogens is 401 g/mol. The second-order valence-corrected chi connectivity index (χ2v) is 6.86. The van der Waals surface area contributed by atoms with Gasteiger partial charge in [-0.1, -0.05) is 15.9 Å². The Hall–Kier alpha value is -0.270. The van der Waals surface area contributed by atoms with Crippen molar-refractivity contribution in [1.82, 2.24) is 5.32 Å². The fourth-order valence-electron chi connectivity index (χ4n) is 2.50. The highest BCUT2D eigenvalue weighted by Crippen LogP contribution is 2.39. The summed E-state index contributed by atoms with van der Waals surface area (Å²) in [5, 5.41) is 3.17. The van der Waals surface area contributed by atoms with E-state index < -0.39 is 12.1 Å². The third-order valence-corrected chi connectivity index (χ3v) is 4.77. The first-order valence-electron chi connectivity index (χ1n) is 6.31. The van der Waals surface area contributed by atoms with Gasteiger partial charge >= 0.3 is 6.18 Å². The number of benzene rings is 1. The number of anilines is 1. The summed E-state index contributed by atoms with van der Waals surface area (Å²) in [4.78, 5) is 0. The molecule has 1 aromatic rings. The Kier molecular flexibility index (Phi) is 5.02. The summed E-state index contributed by atoms with van der Waals surface area (Å²) in [7, 11) is 0. The molecule has 1 aromatic carbocycles. The maximum absolute atomic E-state index is 12.6. The molecule has 2 rings (SSSR count). The number of nitrogens with two attached hydrogens (primary N) is 1. The monoisotopic (exact) mass is 414 g/mol. The van der Waals surface area contributed by atoms with Gasteiger partial charge in [0, 0.05) is 21.5 Å². The fraction of sp³-hybridized carbons (Fsp3) is 0.538. The van der Waals surface area contributed by atoms with Crippen LogP contribution >= 0.6 is 31.9 Å². The zero-order valence-corrected chi connectivity index (χ0v) is 13.8. The van der Waals surface area contributed by atoms with E-state index in [2.05, 4.69) is 37.2 Å². The summed E-state index contributed by atoms with van der Waals surface area (Å²) < 4.78 is 39.5. The van der Waals surface area contributed by atoms with Crippen LogP contribution in [0, 0.1) is 5.92 Å². The van der Waals surface area contributed by atoms with Crippen molar-refractivity contribution >= 4 is 37.5 Å². The number of nitrogen functional groups attached to an aromatic ring is 1. The summed E-state index contributed by atoms with van der Waals surface area (Å²) >= 11 is 6.73. The van der Waals surface area contributed by atoms with Gasteiger partial charge in [0.15, 0.2) is 0 Å². The third kappa shape index (κ3) is 3.89. The van der Waals surface area contributed by atoms with Gasteiger partial charge in [0.25, 0.3) is 0 Å². The van der Waals surface area contributed by atoms with Crippen molar-refractivity contribution in [1.29, 1.82) is 0 Å². The lowest BCUT2D eigenvalue weighted by Gasteiger charge is -2.16. The molecule has 0 aliphatic heterocycles. The van der Waals surface area contributed by atoms with Crippen LogP contribution in [-0.4, -0.2) is 12.2 Å². The first-order chi connectivity index (χ1) is 9.27. The second-order valence-electron chi connectivity index (χ2n) is 5.09. The van der Waals surface area contributed by atoms with Crippen LogP contribution in [0.1, 0.15) is 24.8 Å². The lowest BCUT2D eigenvalue weighted by atomic mass is 10.1. The van der Waals surface area contributed by atoms with E-state index in [1.807, 2.05) is 12.1 Å². The molecule has 20 heavy (non-hydrogen) atoms. The van der Waals surface area contributed by atoms with E-state index in [-0.39, 0.29) is 18.9 Å². The lowest BCUT2D eigenvalue weighted by molar-refractivity contribution is -0.172. The predicted octanol–water partition coefficient (Wildman–Crippen LogP) is 4.61. The third-order valence-electron chi connectivity index (χ3n) is 3.66. The van der Waals surface area contributed by atoms with Crippen molar-refractivity contribution in [3.63, 3.8) is 0 Å². The Morgan fingerprint density at radius 1 is 1.25 bits per heavy atom. The Morgan fingerprint density at radius 3 is 2.55 bits per heavy atom. The summed E-state index contributed by atoms with van der Waals surface area (Å²) in [6.45, 7) is 0.471. The predicted molar refractivity (Wildman–Crippen MR) is 80.3 cm³/mol. The number of halogens is 5. The number of alkyl halides is 3. The first kappa shape index (κ1) is 16.1. The topological polar surface area (TPSA) is 38.0 Å². The van der Waals surface area contributed by atoms with E-state index in [9.17, 15) is 13.2 Å². The van der Waals surface area contributed by atoms with Crippen LogP contribution in [0.25, 0.3) is 0 Å². The molecular formula is C13H15Br2F3N2. The highest BCUT2D eigenvalue weighted by Gasteiger charge is 2.43. The van der Waals surface area contributed by atoms with E-state index in [0.29, 0.717) is 18.7 Å². The van der Waals surface area contributed by atoms with E-state index in [1.54, 1.807) is 0 Å². The normalized spacial score (nSPS) is 23.2. The van der Waals surface area contributed by atoms with Gasteiger partial charge in [0.1, 0.15) is 0 Å². The summed E-state index contributed by atoms with van der Waals surface area (Å²) in [5.41, 5.74) is 7.44. The van der Waals surface area contributed by atoms with Gasteiger partial charge in [0.05, 0.1) is 11.6 Å². The van der Waals surface area contributed by atoms with Crippen LogP contribution in [0.3, 0.4) is 0 Å². The maximum Gasteiger partial charge on any atom is 0.391 e. The standard InChI is InChI=1S/C13H15Br2F3N2/c14-9-3-7(12(19)11(15)5-9)6-20-10-2-1-8(4-10)13(16,17)18/h3,5,8,10,20H,1-2,4,6,19H2/t8-,10-/m1/s1. The molecule has 2 nitrogen and oxygen atoms in total. The number of rotatable bonds is 3. The molecule has 7 heteroatoms. The zero-order valence-electron chi connectivity index (χ0n) is 10.6. The molecule has 2 atom stereocenters. The summed E-state index contributed by atoms with van der Waals surface area (Å²) in [6.07, 6.45) is -3.16. The molecule has 1 aliphatic rings. The molecule has 0 unspecified atom stereocenters. The summed E-state index contributed by atoms with van der Waals surface area (Å²) in [6, 6.07) is 3.62. The smallest absolute Gasteiger partial charge is 0.391 e. The quantitative estimate of drug-likeness (QED) is 0.707. The second kappa shape index (κ2) is 6.23. The molecule has 0 radical (unpaired) electrons. The molecule has 0 saturated heterocycles. The Morgan fingerprint density at radius 2 is 1.95 bits per heavy atom. The Balaban J connectivity index is 1.94. The van der Waals surface area contributed by atoms with Gasteiger partial charge in [-0.15, -0.1) is 0 Å². The van der Waals surface area contributed by atoms with E-state index in [0.717, 1.165) is 14.5 Å². The summed E-state index contributed by atoms with van der Waals surface area (Å²) in [5.74, 6) is -1.17. The van der Waals surface area contributed by atoms with Crippen LogP contribution in [0.15, 0.2) is 21.1 Å². The molecule has 112 valence electrons. The highest BCUT2D eigenvalue weighted by atomic mass is 79.9. The maximum atomic E-state index is 12.6. The van der Waals surface area contributed by atoms with Crippen molar-refractivity contribution in [2.75, 3.05) is 5.73 Å². The van der Waals surface area contributed by atoms with Crippen molar-refractivity contribution in [3.05, 3.63) is 26.6 Å². The van der Waals surface area contributed by atoms with Gasteiger partial charge in [-0.05, 0) is 52.9 Å². The SMILES string of the molecule is Nc1c(Br)cc(Br)cc1CN[C@@H]1CC[C@@H](C(F)(F)F)C1. The highest BCUT2D eigenvalue weighted by molar-refractivity contribution is 9.11. The van der Waals surface area contributed by atoms with Gasteiger partial charge in [-0.3, -0.25) is 0 Å². The minimum absolute atomic E-state index is 0.0983. The molecule has 1 aliphatic carbocycles. The Labute approximate surface area is 132 Å². The molecule has 0 heterocycles. The van der Waals surface area contributed by atoms with Crippen LogP contribution in [0.2, 0.25) is 0 Å². The lowest BCUT2D eigenvalue weighted by Crippen LogP contribution is -2.28. The van der Waals surface area contributed by atoms with Gasteiger partial charge in [0.2, 0.25) is 0 Å². The fourth-order valence-corrected chi connectivity index (χ4v) is 3.82. The molecule has 3 N–H and O–H groups in total. The average Bonchev–Trinajstić information content (AvgIpc) is 2.80. The van der Waals surface area contributed by atoms with Crippen LogP contribution in [-0.2, 0) is 6.54 Å². The molecule has 0 bridgehead atoms. The van der Waals surface area contributed by atoms with E-state index in [1.165, 1.54) is 0 Å². The molecule has 1 saturated carbocycles. The average molecular weight is 416 g/mol. The van der Waals surface area contributed by atoms with E-state index >= 15 is 0 Å². The minimum Gasteiger partial charge on any atom is -0.398 e. The molecule has 0 amide bonds. The van der Waals surface area contributed by atoms with Crippen molar-refractivity contribution in [2.45, 2.75) is 38.0 Å². The van der Waals surface area contributed by atoms with Crippen molar-refractivity contribution in [2.24, 2.45) is 5.92 Å². The van der Waals surface area contributed by atoms with Crippen LogP contribution in [0.4, 0.5) is 18.9 Å². The van der Waals surface area contributed by atoms with Gasteiger partial charge in [-0.2, -0.15) is 13.2 Å². The van der Waals surface area contributed by atoms with Gasteiger partial charge in [-0.25, -0.2) is 0 Å². The molecule has 0 aromatic heterocycles. The number of hydrogen-bond donors (Lipinski definition) is 2. The molecule has 1 fully saturated rings. The molecule has 0 spiro atoms. The van der Waals surface area contributed by atoms with Crippen molar-refractivity contribution < 1.29 is 13.2 Å². The van der Waals surface area contributed by atoms with Gasteiger partial charge < -0.3 is 11.1 Å². The number of hydrogen-bond acceptors (Lipinski definition) is 2. The van der Waals surface area contributed by atoms with Crippen LogP contribution < -0.4 is 11.1 Å². The minimum atomic E-state index is -4.08.